The van der Waals surface area contributed by atoms with Crippen molar-refractivity contribution in [1.29, 1.82) is 0 Å². The van der Waals surface area contributed by atoms with Crippen LogP contribution in [0.25, 0.3) is 11.3 Å². The molecule has 120 valence electrons. The lowest BCUT2D eigenvalue weighted by Gasteiger charge is -2.15. The lowest BCUT2D eigenvalue weighted by atomic mass is 9.78. The van der Waals surface area contributed by atoms with Crippen LogP contribution in [-0.2, 0) is 7.05 Å². The second kappa shape index (κ2) is 5.48. The summed E-state index contributed by atoms with van der Waals surface area (Å²) < 4.78 is 7.91. The van der Waals surface area contributed by atoms with E-state index in [9.17, 15) is 0 Å². The van der Waals surface area contributed by atoms with Crippen molar-refractivity contribution in [2.45, 2.75) is 20.7 Å². The van der Waals surface area contributed by atoms with Crippen molar-refractivity contribution in [2.24, 2.45) is 7.05 Å². The van der Waals surface area contributed by atoms with Gasteiger partial charge in [0.2, 0.25) is 0 Å². The third-order valence-electron chi connectivity index (χ3n) is 5.23. The third kappa shape index (κ3) is 2.26. The van der Waals surface area contributed by atoms with E-state index in [0.717, 1.165) is 17.0 Å². The van der Waals surface area contributed by atoms with Crippen molar-refractivity contribution in [2.75, 3.05) is 30.8 Å². The van der Waals surface area contributed by atoms with Crippen molar-refractivity contribution in [1.82, 2.24) is 0 Å². The molecule has 4 nitrogen and oxygen atoms in total. The Labute approximate surface area is 139 Å². The molecule has 0 aliphatic carbocycles. The molecular formula is C18H25BN3O+. The number of anilines is 2. The largest absolute Gasteiger partial charge is 0.496 e. The Morgan fingerprint density at radius 1 is 1.04 bits per heavy atom. The van der Waals surface area contributed by atoms with Gasteiger partial charge in [0.25, 0.3) is 5.82 Å². The maximum atomic E-state index is 5.64. The molecule has 5 heteroatoms. The maximum absolute atomic E-state index is 5.64. The standard InChI is InChI=1S/C18H25BN3O/c1-12-10-14(17(23-7)11-13(12)2)15-8-9-16-18(20(15)4)22(6)19(3)21(16)5/h8-11H,1-7H3/q+1. The Morgan fingerprint density at radius 3 is 2.35 bits per heavy atom. The molecular weight excluding hydrogens is 285 g/mol. The zero-order valence-corrected chi connectivity index (χ0v) is 15.1. The highest BCUT2D eigenvalue weighted by Crippen LogP contribution is 2.37. The average Bonchev–Trinajstić information content (AvgIpc) is 2.75. The van der Waals surface area contributed by atoms with Gasteiger partial charge in [0, 0.05) is 0 Å². The Bertz CT molecular complexity index is 775. The van der Waals surface area contributed by atoms with Crippen LogP contribution in [-0.4, -0.2) is 28.2 Å². The predicted molar refractivity (Wildman–Crippen MR) is 97.5 cm³/mol. The summed E-state index contributed by atoms with van der Waals surface area (Å²) in [4.78, 5) is 4.61. The van der Waals surface area contributed by atoms with Crippen molar-refractivity contribution in [3.05, 3.63) is 35.4 Å². The van der Waals surface area contributed by atoms with E-state index in [2.05, 4.69) is 80.3 Å². The minimum Gasteiger partial charge on any atom is -0.496 e. The molecule has 0 fully saturated rings. The first-order chi connectivity index (χ1) is 10.9. The van der Waals surface area contributed by atoms with Gasteiger partial charge in [-0.2, -0.15) is 0 Å². The number of aromatic nitrogens is 1. The average molecular weight is 310 g/mol. The normalized spacial score (nSPS) is 13.6. The molecule has 0 bridgehead atoms. The van der Waals surface area contributed by atoms with E-state index in [-0.39, 0.29) is 0 Å². The second-order valence-electron chi connectivity index (χ2n) is 6.48. The molecule has 2 aromatic rings. The van der Waals surface area contributed by atoms with Gasteiger partial charge in [-0.1, -0.05) is 0 Å². The SMILES string of the molecule is COc1cc(C)c(C)cc1-c1ccc2c([n+]1C)N(C)B(C)N2C. The highest BCUT2D eigenvalue weighted by atomic mass is 16.5. The monoisotopic (exact) mass is 310 g/mol. The number of fused-ring (bicyclic) bond motifs is 1. The van der Waals surface area contributed by atoms with Crippen LogP contribution in [0, 0.1) is 13.8 Å². The number of ether oxygens (including phenoxy) is 1. The number of hydrogen-bond acceptors (Lipinski definition) is 3. The summed E-state index contributed by atoms with van der Waals surface area (Å²) in [6.45, 7) is 6.84. The fraction of sp³-hybridized carbons (Fsp3) is 0.389. The Balaban J connectivity index is 2.23. The topological polar surface area (TPSA) is 19.6 Å². The van der Waals surface area contributed by atoms with Gasteiger partial charge in [-0.15, -0.1) is 0 Å². The van der Waals surface area contributed by atoms with Crippen molar-refractivity contribution >= 4 is 18.5 Å². The number of methoxy groups -OCH3 is 1. The zero-order chi connectivity index (χ0) is 16.9. The number of hydrogen-bond donors (Lipinski definition) is 0. The van der Waals surface area contributed by atoms with E-state index >= 15 is 0 Å². The molecule has 0 N–H and O–H groups in total. The summed E-state index contributed by atoms with van der Waals surface area (Å²) in [6.07, 6.45) is 0. The fourth-order valence-corrected chi connectivity index (χ4v) is 3.39. The molecule has 1 aliphatic heterocycles. The molecule has 1 aromatic carbocycles. The van der Waals surface area contributed by atoms with Gasteiger partial charge in [0.15, 0.2) is 0 Å². The molecule has 2 heterocycles. The van der Waals surface area contributed by atoms with E-state index in [1.807, 2.05) is 0 Å². The molecule has 0 saturated carbocycles. The summed E-state index contributed by atoms with van der Waals surface area (Å²) in [7, 11) is 8.16. The Morgan fingerprint density at radius 2 is 1.70 bits per heavy atom. The van der Waals surface area contributed by atoms with Crippen LogP contribution in [0.5, 0.6) is 5.75 Å². The number of benzene rings is 1. The van der Waals surface area contributed by atoms with Crippen molar-refractivity contribution in [3.8, 4) is 17.0 Å². The van der Waals surface area contributed by atoms with E-state index in [0.29, 0.717) is 6.98 Å². The van der Waals surface area contributed by atoms with Gasteiger partial charge in [-0.3, -0.25) is 0 Å². The molecule has 1 aromatic heterocycles. The molecule has 0 atom stereocenters. The first kappa shape index (κ1) is 15.7. The highest BCUT2D eigenvalue weighted by molar-refractivity contribution is 6.68. The second-order valence-corrected chi connectivity index (χ2v) is 6.48. The lowest BCUT2D eigenvalue weighted by Crippen LogP contribution is -2.44. The van der Waals surface area contributed by atoms with Gasteiger partial charge in [-0.05, 0) is 63.1 Å². The number of pyridine rings is 1. The van der Waals surface area contributed by atoms with Crippen LogP contribution >= 0.6 is 0 Å². The minimum absolute atomic E-state index is 0.355. The van der Waals surface area contributed by atoms with E-state index < -0.39 is 0 Å². The molecule has 0 radical (unpaired) electrons. The summed E-state index contributed by atoms with van der Waals surface area (Å²) in [5.74, 6) is 2.16. The van der Waals surface area contributed by atoms with Gasteiger partial charge in [0.05, 0.1) is 26.8 Å². The van der Waals surface area contributed by atoms with Crippen LogP contribution in [0.2, 0.25) is 6.82 Å². The van der Waals surface area contributed by atoms with Gasteiger partial charge in [0.1, 0.15) is 17.1 Å². The Kier molecular flexibility index (Phi) is 3.75. The van der Waals surface area contributed by atoms with Crippen LogP contribution < -0.4 is 18.9 Å². The van der Waals surface area contributed by atoms with Gasteiger partial charge in [-0.25, -0.2) is 4.57 Å². The van der Waals surface area contributed by atoms with Crippen LogP contribution in [0.15, 0.2) is 24.3 Å². The maximum Gasteiger partial charge on any atom is 0.492 e. The molecule has 3 rings (SSSR count). The fourth-order valence-electron chi connectivity index (χ4n) is 3.39. The van der Waals surface area contributed by atoms with Crippen LogP contribution in [0.1, 0.15) is 11.1 Å². The van der Waals surface area contributed by atoms with Gasteiger partial charge >= 0.3 is 6.98 Å². The predicted octanol–water partition coefficient (Wildman–Crippen LogP) is 2.81. The molecule has 0 spiro atoms. The quantitative estimate of drug-likeness (QED) is 0.628. The molecule has 1 aliphatic rings. The first-order valence-electron chi connectivity index (χ1n) is 8.01. The van der Waals surface area contributed by atoms with E-state index in [1.165, 1.54) is 22.6 Å². The summed E-state index contributed by atoms with van der Waals surface area (Å²) >= 11 is 0. The van der Waals surface area contributed by atoms with Crippen LogP contribution in [0.3, 0.4) is 0 Å². The summed E-state index contributed by atoms with van der Waals surface area (Å²) in [5, 5.41) is 0. The third-order valence-corrected chi connectivity index (χ3v) is 5.23. The molecule has 0 saturated heterocycles. The van der Waals surface area contributed by atoms with E-state index in [4.69, 9.17) is 4.74 Å². The summed E-state index contributed by atoms with van der Waals surface area (Å²) in [6, 6.07) is 8.74. The summed E-state index contributed by atoms with van der Waals surface area (Å²) in [5.41, 5.74) is 6.09. The molecule has 23 heavy (non-hydrogen) atoms. The van der Waals surface area contributed by atoms with Crippen molar-refractivity contribution in [3.63, 3.8) is 0 Å². The lowest BCUT2D eigenvalue weighted by molar-refractivity contribution is -0.646. The number of nitrogens with zero attached hydrogens (tertiary/aromatic N) is 3. The molecule has 0 unspecified atom stereocenters. The molecule has 0 amide bonds. The highest BCUT2D eigenvalue weighted by Gasteiger charge is 2.42. The number of aryl methyl sites for hydroxylation is 2. The van der Waals surface area contributed by atoms with Crippen molar-refractivity contribution < 1.29 is 9.30 Å². The minimum atomic E-state index is 0.355. The first-order valence-corrected chi connectivity index (χ1v) is 8.01. The smallest absolute Gasteiger partial charge is 0.492 e. The van der Waals surface area contributed by atoms with Gasteiger partial charge < -0.3 is 14.4 Å². The Hall–Kier alpha value is -2.17. The zero-order valence-electron chi connectivity index (χ0n) is 15.1. The number of rotatable bonds is 2. The van der Waals surface area contributed by atoms with E-state index in [1.54, 1.807) is 7.11 Å². The van der Waals surface area contributed by atoms with Crippen LogP contribution in [0.4, 0.5) is 11.5 Å².